The number of carbonyl (C=O) groups is 1. The number of esters is 1. The third-order valence-corrected chi connectivity index (χ3v) is 8.04. The van der Waals surface area contributed by atoms with Crippen LogP contribution in [0.25, 0.3) is 0 Å². The Kier molecular flexibility index (Phi) is 7.37. The molecule has 0 bridgehead atoms. The van der Waals surface area contributed by atoms with E-state index in [1.54, 1.807) is 6.07 Å². The first-order valence-electron chi connectivity index (χ1n) is 12.1. The maximum Gasteiger partial charge on any atom is 0.303 e. The molecule has 2 aliphatic carbocycles. The summed E-state index contributed by atoms with van der Waals surface area (Å²) in [6.45, 7) is 12.6. The molecule has 4 rings (SSSR count). The van der Waals surface area contributed by atoms with Crippen LogP contribution >= 0.6 is 11.6 Å². The Morgan fingerprint density at radius 3 is 2.73 bits per heavy atom. The Morgan fingerprint density at radius 1 is 1.33 bits per heavy atom. The standard InChI is InChI=1S/C26H36ClN3O3/c1-17-14-22-21(9-8-19(3)26(22,32)15-23(17)33-20(4)31)18(2)16-29-10-12-30(13-11-29)25-7-5-6-24(27)28-25/h5-7,14,18-19,21-23,32H,8-13,16H2,1-4H3/t18-,19-,21+,22-,23-,26-/m1/s1. The first-order chi connectivity index (χ1) is 15.7. The number of carbonyl (C=O) groups excluding carboxylic acids is 1. The lowest BCUT2D eigenvalue weighted by atomic mass is 9.57. The van der Waals surface area contributed by atoms with Gasteiger partial charge in [0, 0.05) is 45.6 Å². The van der Waals surface area contributed by atoms with Crippen molar-refractivity contribution in [1.29, 1.82) is 0 Å². The van der Waals surface area contributed by atoms with Crippen LogP contribution in [-0.4, -0.2) is 65.4 Å². The van der Waals surface area contributed by atoms with Crippen LogP contribution in [0.1, 0.15) is 40.5 Å². The SMILES string of the molecule is CC(=O)O[C@@H]1[C][C@@]2(O)[C@H](C)CC[C@@H]([C@H](C)CN3CCN(c4cccc(Cl)n4)CC3)[C@H]2C=C1C. The fraction of sp³-hybridized carbons (Fsp3) is 0.654. The zero-order valence-electron chi connectivity index (χ0n) is 20.1. The summed E-state index contributed by atoms with van der Waals surface area (Å²) in [5, 5.41) is 12.2. The maximum atomic E-state index is 11.7. The minimum atomic E-state index is -1.06. The molecular weight excluding hydrogens is 438 g/mol. The molecule has 6 nitrogen and oxygen atoms in total. The van der Waals surface area contributed by atoms with Crippen LogP contribution in [0.3, 0.4) is 0 Å². The Labute approximate surface area is 202 Å². The summed E-state index contributed by atoms with van der Waals surface area (Å²) in [6.07, 6.45) is 6.92. The predicted octanol–water partition coefficient (Wildman–Crippen LogP) is 3.86. The zero-order chi connectivity index (χ0) is 23.8. The van der Waals surface area contributed by atoms with Crippen molar-refractivity contribution in [3.63, 3.8) is 0 Å². The van der Waals surface area contributed by atoms with Gasteiger partial charge < -0.3 is 14.7 Å². The topological polar surface area (TPSA) is 65.9 Å². The quantitative estimate of drug-likeness (QED) is 0.398. The summed E-state index contributed by atoms with van der Waals surface area (Å²) in [5.41, 5.74) is -0.0953. The van der Waals surface area contributed by atoms with Crippen LogP contribution in [0, 0.1) is 30.1 Å². The molecular formula is C26H36ClN3O3. The summed E-state index contributed by atoms with van der Waals surface area (Å²) in [7, 11) is 0. The highest BCUT2D eigenvalue weighted by molar-refractivity contribution is 6.29. The normalized spacial score (nSPS) is 33.8. The van der Waals surface area contributed by atoms with Crippen LogP contribution in [0.15, 0.2) is 29.8 Å². The lowest BCUT2D eigenvalue weighted by molar-refractivity contribution is -0.148. The molecule has 33 heavy (non-hydrogen) atoms. The van der Waals surface area contributed by atoms with Crippen molar-refractivity contribution in [2.45, 2.75) is 52.2 Å². The molecule has 1 aromatic rings. The molecule has 0 unspecified atom stereocenters. The summed E-state index contributed by atoms with van der Waals surface area (Å²) in [4.78, 5) is 20.8. The fourth-order valence-electron chi connectivity index (χ4n) is 5.88. The molecule has 6 atom stereocenters. The van der Waals surface area contributed by atoms with Crippen LogP contribution < -0.4 is 4.90 Å². The van der Waals surface area contributed by atoms with Gasteiger partial charge in [-0.2, -0.15) is 0 Å². The number of hydrogen-bond donors (Lipinski definition) is 1. The van der Waals surface area contributed by atoms with Crippen molar-refractivity contribution in [3.05, 3.63) is 41.4 Å². The molecule has 1 aromatic heterocycles. The van der Waals surface area contributed by atoms with E-state index in [1.165, 1.54) is 6.92 Å². The van der Waals surface area contributed by atoms with E-state index in [0.29, 0.717) is 17.0 Å². The highest BCUT2D eigenvalue weighted by atomic mass is 35.5. The number of fused-ring (bicyclic) bond motifs is 1. The minimum Gasteiger partial charge on any atom is -0.457 e. The van der Waals surface area contributed by atoms with Crippen molar-refractivity contribution in [3.8, 4) is 0 Å². The van der Waals surface area contributed by atoms with Gasteiger partial charge in [0.2, 0.25) is 0 Å². The second kappa shape index (κ2) is 9.93. The molecule has 2 heterocycles. The van der Waals surface area contributed by atoms with E-state index in [2.05, 4.69) is 41.1 Å². The average molecular weight is 474 g/mol. The molecule has 0 amide bonds. The molecule has 1 aliphatic heterocycles. The van der Waals surface area contributed by atoms with E-state index in [4.69, 9.17) is 16.3 Å². The third kappa shape index (κ3) is 5.23. The van der Waals surface area contributed by atoms with Crippen LogP contribution in [0.4, 0.5) is 5.82 Å². The predicted molar refractivity (Wildman–Crippen MR) is 130 cm³/mol. The van der Waals surface area contributed by atoms with Gasteiger partial charge in [-0.05, 0) is 55.2 Å². The fourth-order valence-corrected chi connectivity index (χ4v) is 6.04. The second-order valence-corrected chi connectivity index (χ2v) is 10.5. The minimum absolute atomic E-state index is 0.00000725. The van der Waals surface area contributed by atoms with Gasteiger partial charge in [-0.15, -0.1) is 0 Å². The number of aliphatic hydroxyl groups is 1. The molecule has 0 spiro atoms. The maximum absolute atomic E-state index is 11.7. The summed E-state index contributed by atoms with van der Waals surface area (Å²) < 4.78 is 5.43. The van der Waals surface area contributed by atoms with Crippen LogP contribution in [-0.2, 0) is 9.53 Å². The molecule has 1 saturated heterocycles. The summed E-state index contributed by atoms with van der Waals surface area (Å²) >= 11 is 6.07. The summed E-state index contributed by atoms with van der Waals surface area (Å²) in [5.74, 6) is 1.48. The van der Waals surface area contributed by atoms with Gasteiger partial charge in [0.15, 0.2) is 0 Å². The molecule has 3 aliphatic rings. The van der Waals surface area contributed by atoms with Gasteiger partial charge in [0.1, 0.15) is 17.1 Å². The van der Waals surface area contributed by atoms with Gasteiger partial charge >= 0.3 is 5.97 Å². The number of halogens is 1. The number of pyridine rings is 1. The van der Waals surface area contributed by atoms with E-state index in [9.17, 15) is 9.90 Å². The lowest BCUT2D eigenvalue weighted by Crippen LogP contribution is -2.57. The number of hydrogen-bond acceptors (Lipinski definition) is 6. The number of nitrogens with zero attached hydrogens (tertiary/aromatic N) is 3. The van der Waals surface area contributed by atoms with Gasteiger partial charge in [-0.1, -0.05) is 37.6 Å². The number of anilines is 1. The number of piperazine rings is 1. The number of rotatable bonds is 5. The first-order valence-corrected chi connectivity index (χ1v) is 12.5. The Morgan fingerprint density at radius 2 is 2.06 bits per heavy atom. The van der Waals surface area contributed by atoms with Crippen LogP contribution in [0.2, 0.25) is 5.15 Å². The Balaban J connectivity index is 1.40. The van der Waals surface area contributed by atoms with Crippen molar-refractivity contribution >= 4 is 23.4 Å². The molecule has 7 heteroatoms. The number of aromatic nitrogens is 1. The van der Waals surface area contributed by atoms with Crippen LogP contribution in [0.5, 0.6) is 0 Å². The second-order valence-electron chi connectivity index (χ2n) is 10.1. The molecule has 1 N–H and O–H groups in total. The third-order valence-electron chi connectivity index (χ3n) is 7.83. The van der Waals surface area contributed by atoms with Crippen molar-refractivity contribution in [2.24, 2.45) is 23.7 Å². The number of ether oxygens (including phenoxy) is 1. The molecule has 180 valence electrons. The molecule has 2 fully saturated rings. The van der Waals surface area contributed by atoms with Crippen molar-refractivity contribution in [1.82, 2.24) is 9.88 Å². The Hall–Kier alpha value is -1.63. The molecule has 1 saturated carbocycles. The van der Waals surface area contributed by atoms with Crippen molar-refractivity contribution in [2.75, 3.05) is 37.6 Å². The Bertz CT molecular complexity index is 885. The average Bonchev–Trinajstić information content (AvgIpc) is 2.76. The highest BCUT2D eigenvalue weighted by Crippen LogP contribution is 2.50. The largest absolute Gasteiger partial charge is 0.457 e. The van der Waals surface area contributed by atoms with Gasteiger partial charge in [-0.3, -0.25) is 9.69 Å². The lowest BCUT2D eigenvalue weighted by Gasteiger charge is -2.53. The molecule has 2 radical (unpaired) electrons. The smallest absolute Gasteiger partial charge is 0.303 e. The van der Waals surface area contributed by atoms with Crippen molar-refractivity contribution < 1.29 is 14.6 Å². The van der Waals surface area contributed by atoms with E-state index in [-0.39, 0.29) is 17.8 Å². The van der Waals surface area contributed by atoms with Gasteiger partial charge in [0.05, 0.1) is 12.0 Å². The molecule has 0 aromatic carbocycles. The van der Waals surface area contributed by atoms with Gasteiger partial charge in [-0.25, -0.2) is 4.98 Å². The van der Waals surface area contributed by atoms with E-state index in [1.807, 2.05) is 19.1 Å². The van der Waals surface area contributed by atoms with E-state index < -0.39 is 11.7 Å². The summed E-state index contributed by atoms with van der Waals surface area (Å²) in [6, 6.07) is 5.77. The monoisotopic (exact) mass is 473 g/mol. The van der Waals surface area contributed by atoms with Gasteiger partial charge in [0.25, 0.3) is 0 Å². The van der Waals surface area contributed by atoms with E-state index in [0.717, 1.165) is 57.0 Å². The van der Waals surface area contributed by atoms with E-state index >= 15 is 0 Å². The highest BCUT2D eigenvalue weighted by Gasteiger charge is 2.53. The first kappa shape index (κ1) is 24.5. The zero-order valence-corrected chi connectivity index (χ0v) is 20.9.